The highest BCUT2D eigenvalue weighted by molar-refractivity contribution is 5.82. The highest BCUT2D eigenvalue weighted by atomic mass is 16.3. The van der Waals surface area contributed by atoms with Gasteiger partial charge in [0.1, 0.15) is 11.3 Å². The third-order valence-corrected chi connectivity index (χ3v) is 4.93. The highest BCUT2D eigenvalue weighted by Crippen LogP contribution is 2.14. The van der Waals surface area contributed by atoms with E-state index in [-0.39, 0.29) is 29.2 Å². The predicted octanol–water partition coefficient (Wildman–Crippen LogP) is -1.39. The van der Waals surface area contributed by atoms with Crippen LogP contribution in [0, 0.1) is 0 Å². The maximum absolute atomic E-state index is 12.4. The number of hydrogen-bond acceptors (Lipinski definition) is 9. The first-order valence-corrected chi connectivity index (χ1v) is 9.20. The fourth-order valence-corrected chi connectivity index (χ4v) is 3.17. The van der Waals surface area contributed by atoms with Crippen molar-refractivity contribution in [3.63, 3.8) is 0 Å². The van der Waals surface area contributed by atoms with Crippen LogP contribution in [0.4, 0.5) is 5.95 Å². The van der Waals surface area contributed by atoms with Crippen LogP contribution in [-0.2, 0) is 27.7 Å². The number of H-pyrrole nitrogens is 1. The van der Waals surface area contributed by atoms with Crippen molar-refractivity contribution >= 4 is 23.3 Å². The number of hydrazone groups is 1. The van der Waals surface area contributed by atoms with E-state index in [1.54, 1.807) is 19.2 Å². The van der Waals surface area contributed by atoms with Gasteiger partial charge in [-0.2, -0.15) is 10.1 Å². The number of aromatic amines is 1. The molecule has 0 aliphatic heterocycles. The number of nitrogens with zero attached hydrogens (tertiary/aromatic N) is 6. The lowest BCUT2D eigenvalue weighted by atomic mass is 10.3. The van der Waals surface area contributed by atoms with Crippen LogP contribution >= 0.6 is 0 Å². The molecular formula is C18H18N8O6. The second kappa shape index (κ2) is 7.57. The molecule has 0 aromatic carbocycles. The van der Waals surface area contributed by atoms with Gasteiger partial charge in [0.05, 0.1) is 19.0 Å². The average molecular weight is 442 g/mol. The summed E-state index contributed by atoms with van der Waals surface area (Å²) in [7, 11) is 4.38. The fraction of sp³-hybridized carbons (Fsp3) is 0.222. The minimum Gasteiger partial charge on any atom is -0.494 e. The van der Waals surface area contributed by atoms with Gasteiger partial charge in [-0.05, 0) is 12.1 Å². The number of aromatic hydroxyl groups is 1. The second-order valence-electron chi connectivity index (χ2n) is 6.90. The van der Waals surface area contributed by atoms with E-state index in [1.807, 2.05) is 0 Å². The molecule has 4 aromatic rings. The summed E-state index contributed by atoms with van der Waals surface area (Å²) in [5.41, 5.74) is -0.149. The predicted molar refractivity (Wildman–Crippen MR) is 113 cm³/mol. The first-order valence-electron chi connectivity index (χ1n) is 9.20. The van der Waals surface area contributed by atoms with Crippen molar-refractivity contribution in [3.05, 3.63) is 71.4 Å². The van der Waals surface area contributed by atoms with Crippen LogP contribution in [0.2, 0.25) is 0 Å². The lowest BCUT2D eigenvalue weighted by Gasteiger charge is -2.07. The molecule has 166 valence electrons. The molecule has 3 N–H and O–H groups in total. The van der Waals surface area contributed by atoms with Gasteiger partial charge in [-0.3, -0.25) is 28.3 Å². The normalized spacial score (nSPS) is 11.6. The number of rotatable bonds is 5. The summed E-state index contributed by atoms with van der Waals surface area (Å²) >= 11 is 0. The van der Waals surface area contributed by atoms with Gasteiger partial charge in [0.2, 0.25) is 11.8 Å². The first-order chi connectivity index (χ1) is 15.2. The molecule has 32 heavy (non-hydrogen) atoms. The standard InChI is InChI=1S/C18H18N8O6/c1-23-11-12(24(2)18(31)25(3)15(11)29)20-16(23)22-19-7-10-13(27)21-17(30)26(14(10)28)8-9-5-4-6-32-9/h4-7,28H,8H2,1-3H3,(H,20,22)(H,21,27,30)/b19-7+. The molecule has 0 bridgehead atoms. The van der Waals surface area contributed by atoms with Crippen molar-refractivity contribution in [2.24, 2.45) is 26.2 Å². The van der Waals surface area contributed by atoms with Gasteiger partial charge in [-0.15, -0.1) is 0 Å². The number of aryl methyl sites for hydroxylation is 2. The quantitative estimate of drug-likeness (QED) is 0.250. The third-order valence-electron chi connectivity index (χ3n) is 4.93. The van der Waals surface area contributed by atoms with Crippen molar-refractivity contribution < 1.29 is 9.52 Å². The van der Waals surface area contributed by atoms with Crippen LogP contribution in [0.15, 0.2) is 47.1 Å². The van der Waals surface area contributed by atoms with E-state index in [0.717, 1.165) is 15.3 Å². The molecule has 0 saturated carbocycles. The molecule has 0 atom stereocenters. The molecular weight excluding hydrogens is 424 g/mol. The maximum Gasteiger partial charge on any atom is 0.332 e. The van der Waals surface area contributed by atoms with Gasteiger partial charge in [0.15, 0.2) is 11.2 Å². The zero-order chi connectivity index (χ0) is 23.2. The zero-order valence-electron chi connectivity index (χ0n) is 17.2. The van der Waals surface area contributed by atoms with Gasteiger partial charge < -0.3 is 14.1 Å². The van der Waals surface area contributed by atoms with Gasteiger partial charge in [-0.1, -0.05) is 0 Å². The Kier molecular flexibility index (Phi) is 4.88. The topological polar surface area (TPSA) is 174 Å². The van der Waals surface area contributed by atoms with Gasteiger partial charge in [0.25, 0.3) is 11.1 Å². The Hall–Kier alpha value is -4.62. The SMILES string of the molecule is Cn1c(=O)c2c(nc(N/N=C/c3c(O)n(Cc4ccco4)c(=O)[nH]c3=O)n2C)n(C)c1=O. The zero-order valence-corrected chi connectivity index (χ0v) is 17.2. The molecule has 0 spiro atoms. The van der Waals surface area contributed by atoms with Crippen LogP contribution in [0.1, 0.15) is 11.3 Å². The Morgan fingerprint density at radius 2 is 1.94 bits per heavy atom. The van der Waals surface area contributed by atoms with Crippen molar-refractivity contribution in [2.75, 3.05) is 5.43 Å². The lowest BCUT2D eigenvalue weighted by Crippen LogP contribution is -2.37. The summed E-state index contributed by atoms with van der Waals surface area (Å²) in [5, 5.41) is 14.3. The molecule has 0 fully saturated rings. The molecule has 4 heterocycles. The van der Waals surface area contributed by atoms with Crippen molar-refractivity contribution in [2.45, 2.75) is 6.54 Å². The minimum atomic E-state index is -0.852. The smallest absolute Gasteiger partial charge is 0.332 e. The monoisotopic (exact) mass is 442 g/mol. The first kappa shape index (κ1) is 20.6. The van der Waals surface area contributed by atoms with Crippen LogP contribution in [0.3, 0.4) is 0 Å². The maximum atomic E-state index is 12.4. The third kappa shape index (κ3) is 3.23. The van der Waals surface area contributed by atoms with Crippen molar-refractivity contribution in [1.29, 1.82) is 0 Å². The summed E-state index contributed by atoms with van der Waals surface area (Å²) in [6.07, 6.45) is 2.41. The van der Waals surface area contributed by atoms with Gasteiger partial charge in [0, 0.05) is 21.1 Å². The molecule has 0 saturated heterocycles. The molecule has 0 radical (unpaired) electrons. The summed E-state index contributed by atoms with van der Waals surface area (Å²) in [6, 6.07) is 3.23. The summed E-state index contributed by atoms with van der Waals surface area (Å²) in [4.78, 5) is 55.0. The molecule has 4 aromatic heterocycles. The Labute approximate surface area is 177 Å². The summed E-state index contributed by atoms with van der Waals surface area (Å²) < 4.78 is 9.65. The summed E-state index contributed by atoms with van der Waals surface area (Å²) in [6.45, 7) is -0.106. The molecule has 0 aliphatic rings. The van der Waals surface area contributed by atoms with Crippen LogP contribution < -0.4 is 27.9 Å². The summed E-state index contributed by atoms with van der Waals surface area (Å²) in [5.74, 6) is -0.112. The molecule has 4 rings (SSSR count). The van der Waals surface area contributed by atoms with Crippen LogP contribution in [0.5, 0.6) is 5.88 Å². The molecule has 0 unspecified atom stereocenters. The lowest BCUT2D eigenvalue weighted by molar-refractivity contribution is 0.392. The highest BCUT2D eigenvalue weighted by Gasteiger charge is 2.17. The number of hydrogen-bond donors (Lipinski definition) is 3. The number of imidazole rings is 1. The Balaban J connectivity index is 1.71. The fourth-order valence-electron chi connectivity index (χ4n) is 3.17. The van der Waals surface area contributed by atoms with Crippen molar-refractivity contribution in [3.8, 4) is 5.88 Å². The molecule has 14 heteroatoms. The van der Waals surface area contributed by atoms with Crippen molar-refractivity contribution in [1.82, 2.24) is 28.2 Å². The van der Waals surface area contributed by atoms with Gasteiger partial charge in [-0.25, -0.2) is 15.0 Å². The minimum absolute atomic E-state index is 0.106. The van der Waals surface area contributed by atoms with E-state index < -0.39 is 28.4 Å². The van der Waals surface area contributed by atoms with Gasteiger partial charge >= 0.3 is 11.4 Å². The molecule has 0 aliphatic carbocycles. The van der Waals surface area contributed by atoms with E-state index in [1.165, 1.54) is 29.5 Å². The van der Waals surface area contributed by atoms with E-state index >= 15 is 0 Å². The van der Waals surface area contributed by atoms with E-state index in [0.29, 0.717) is 5.76 Å². The number of nitrogens with one attached hydrogen (secondary N) is 2. The van der Waals surface area contributed by atoms with E-state index in [4.69, 9.17) is 4.42 Å². The molecule has 0 amide bonds. The second-order valence-corrected chi connectivity index (χ2v) is 6.90. The largest absolute Gasteiger partial charge is 0.494 e. The average Bonchev–Trinajstić information content (AvgIpc) is 3.38. The molecule has 14 nitrogen and oxygen atoms in total. The number of aromatic nitrogens is 6. The Bertz CT molecular complexity index is 1600. The van der Waals surface area contributed by atoms with E-state index in [2.05, 4.69) is 20.5 Å². The van der Waals surface area contributed by atoms with Crippen LogP contribution in [-0.4, -0.2) is 39.6 Å². The van der Waals surface area contributed by atoms with E-state index in [9.17, 15) is 24.3 Å². The number of fused-ring (bicyclic) bond motifs is 1. The number of furan rings is 1. The van der Waals surface area contributed by atoms with Crippen LogP contribution in [0.25, 0.3) is 11.2 Å². The Morgan fingerprint density at radius 1 is 1.19 bits per heavy atom. The number of anilines is 1. The Morgan fingerprint density at radius 3 is 2.62 bits per heavy atom.